The summed E-state index contributed by atoms with van der Waals surface area (Å²) in [7, 11) is 0. The van der Waals surface area contributed by atoms with Crippen molar-refractivity contribution in [1.82, 2.24) is 4.98 Å². The lowest BCUT2D eigenvalue weighted by Gasteiger charge is -2.11. The summed E-state index contributed by atoms with van der Waals surface area (Å²) in [6.07, 6.45) is -3.48. The van der Waals surface area contributed by atoms with E-state index in [1.54, 1.807) is 0 Å². The molecule has 0 aliphatic rings. The number of oxazole rings is 1. The van der Waals surface area contributed by atoms with Crippen molar-refractivity contribution in [2.75, 3.05) is 0 Å². The van der Waals surface area contributed by atoms with E-state index in [-0.39, 0.29) is 23.6 Å². The van der Waals surface area contributed by atoms with Gasteiger partial charge >= 0.3 is 12.1 Å². The van der Waals surface area contributed by atoms with Crippen LogP contribution in [0.5, 0.6) is 0 Å². The molecule has 1 aromatic carbocycles. The van der Waals surface area contributed by atoms with Gasteiger partial charge in [-0.25, -0.2) is 9.78 Å². The Labute approximate surface area is 129 Å². The summed E-state index contributed by atoms with van der Waals surface area (Å²) in [5.74, 6) is -1.10. The number of aromatic nitrogens is 1. The first-order chi connectivity index (χ1) is 10.8. The maximum Gasteiger partial charge on any atom is 0.416 e. The maximum absolute atomic E-state index is 12.6. The summed E-state index contributed by atoms with van der Waals surface area (Å²) in [5.41, 5.74) is -1.02. The lowest BCUT2D eigenvalue weighted by Crippen LogP contribution is -2.14. The third-order valence-electron chi connectivity index (χ3n) is 2.90. The number of esters is 1. The molecule has 1 aromatic heterocycles. The number of hydrogen-bond donors (Lipinski definition) is 1. The van der Waals surface area contributed by atoms with E-state index in [2.05, 4.69) is 11.6 Å². The van der Waals surface area contributed by atoms with E-state index >= 15 is 0 Å². The van der Waals surface area contributed by atoms with Crippen LogP contribution in [0.25, 0.3) is 0 Å². The second kappa shape index (κ2) is 6.66. The zero-order chi connectivity index (χ0) is 17.0. The van der Waals surface area contributed by atoms with Gasteiger partial charge in [-0.1, -0.05) is 18.7 Å². The van der Waals surface area contributed by atoms with Crippen LogP contribution >= 0.6 is 0 Å². The molecule has 0 aliphatic carbocycles. The highest BCUT2D eigenvalue weighted by molar-refractivity contribution is 5.88. The zero-order valence-electron chi connectivity index (χ0n) is 11.7. The molecule has 2 aromatic rings. The lowest BCUT2D eigenvalue weighted by molar-refractivity contribution is -0.141. The van der Waals surface area contributed by atoms with E-state index in [0.717, 1.165) is 12.1 Å². The van der Waals surface area contributed by atoms with Gasteiger partial charge in [0.25, 0.3) is 0 Å². The number of benzene rings is 1. The van der Waals surface area contributed by atoms with Gasteiger partial charge in [0.1, 0.15) is 12.9 Å². The predicted octanol–water partition coefficient (Wildman–Crippen LogP) is 3.03. The lowest BCUT2D eigenvalue weighted by atomic mass is 10.1. The summed E-state index contributed by atoms with van der Waals surface area (Å²) < 4.78 is 47.4. The molecule has 122 valence electrons. The van der Waals surface area contributed by atoms with E-state index < -0.39 is 23.8 Å². The fourth-order valence-electron chi connectivity index (χ4n) is 1.71. The van der Waals surface area contributed by atoms with Crippen molar-refractivity contribution in [2.45, 2.75) is 18.9 Å². The van der Waals surface area contributed by atoms with Crippen molar-refractivity contribution in [3.8, 4) is 0 Å². The first-order valence-electron chi connectivity index (χ1n) is 6.38. The molecular weight excluding hydrogens is 315 g/mol. The number of ether oxygens (including phenoxy) is 1. The molecule has 1 atom stereocenters. The van der Waals surface area contributed by atoms with Gasteiger partial charge < -0.3 is 14.3 Å². The molecule has 8 heteroatoms. The number of aliphatic hydroxyl groups excluding tert-OH is 1. The predicted molar refractivity (Wildman–Crippen MR) is 71.8 cm³/mol. The molecule has 0 saturated heterocycles. The third-order valence-corrected chi connectivity index (χ3v) is 2.90. The molecule has 0 spiro atoms. The van der Waals surface area contributed by atoms with Gasteiger partial charge in [-0.2, -0.15) is 13.2 Å². The maximum atomic E-state index is 12.6. The van der Waals surface area contributed by atoms with Crippen molar-refractivity contribution in [3.05, 3.63) is 65.9 Å². The summed E-state index contributed by atoms with van der Waals surface area (Å²) in [6, 6.07) is 4.38. The van der Waals surface area contributed by atoms with Crippen LogP contribution in [0.1, 0.15) is 23.1 Å². The number of aliphatic hydroxyl groups is 1. The van der Waals surface area contributed by atoms with Crippen LogP contribution in [0.2, 0.25) is 0 Å². The van der Waals surface area contributed by atoms with E-state index in [1.807, 2.05) is 0 Å². The SMILES string of the molecule is C=C(C(=O)OCc1cccc(C(F)(F)F)c1)C(O)c1ncco1. The van der Waals surface area contributed by atoms with Crippen molar-refractivity contribution in [1.29, 1.82) is 0 Å². The number of carbonyl (C=O) groups is 1. The fraction of sp³-hybridized carbons (Fsp3) is 0.200. The Morgan fingerprint density at radius 1 is 1.43 bits per heavy atom. The van der Waals surface area contributed by atoms with Crippen molar-refractivity contribution in [3.63, 3.8) is 0 Å². The molecule has 23 heavy (non-hydrogen) atoms. The summed E-state index contributed by atoms with van der Waals surface area (Å²) >= 11 is 0. The minimum atomic E-state index is -4.48. The largest absolute Gasteiger partial charge is 0.457 e. The standard InChI is InChI=1S/C15H12F3NO4/c1-9(12(20)13-19-5-6-22-13)14(21)23-8-10-3-2-4-11(7-10)15(16,17)18/h2-7,12,20H,1,8H2. The molecule has 0 fully saturated rings. The molecule has 5 nitrogen and oxygen atoms in total. The van der Waals surface area contributed by atoms with Gasteiger partial charge in [-0.05, 0) is 17.7 Å². The highest BCUT2D eigenvalue weighted by atomic mass is 19.4. The minimum absolute atomic E-state index is 0.133. The molecule has 0 bridgehead atoms. The van der Waals surface area contributed by atoms with Gasteiger partial charge in [-0.3, -0.25) is 0 Å². The highest BCUT2D eigenvalue weighted by Crippen LogP contribution is 2.29. The minimum Gasteiger partial charge on any atom is -0.457 e. The topological polar surface area (TPSA) is 72.6 Å². The number of alkyl halides is 3. The van der Waals surface area contributed by atoms with Gasteiger partial charge in [0.05, 0.1) is 17.3 Å². The van der Waals surface area contributed by atoms with E-state index in [4.69, 9.17) is 9.15 Å². The molecule has 0 aliphatic heterocycles. The van der Waals surface area contributed by atoms with Crippen molar-refractivity contribution < 1.29 is 32.2 Å². The van der Waals surface area contributed by atoms with E-state index in [1.165, 1.54) is 24.6 Å². The molecule has 1 heterocycles. The molecule has 0 amide bonds. The number of halogens is 3. The molecule has 1 unspecified atom stereocenters. The fourth-order valence-corrected chi connectivity index (χ4v) is 1.71. The first kappa shape index (κ1) is 16.8. The van der Waals surface area contributed by atoms with Crippen LogP contribution in [0.4, 0.5) is 13.2 Å². The van der Waals surface area contributed by atoms with Crippen LogP contribution in [0.15, 0.2) is 53.3 Å². The Morgan fingerprint density at radius 3 is 2.78 bits per heavy atom. The highest BCUT2D eigenvalue weighted by Gasteiger charge is 2.30. The summed E-state index contributed by atoms with van der Waals surface area (Å²) in [5, 5.41) is 9.79. The Balaban J connectivity index is 1.98. The summed E-state index contributed by atoms with van der Waals surface area (Å²) in [4.78, 5) is 15.4. The Morgan fingerprint density at radius 2 is 2.17 bits per heavy atom. The average Bonchev–Trinajstić information content (AvgIpc) is 3.05. The van der Waals surface area contributed by atoms with Crippen LogP contribution in [-0.2, 0) is 22.3 Å². The van der Waals surface area contributed by atoms with Gasteiger partial charge in [-0.15, -0.1) is 0 Å². The van der Waals surface area contributed by atoms with E-state index in [0.29, 0.717) is 0 Å². The Bertz CT molecular complexity index is 695. The molecule has 0 radical (unpaired) electrons. The smallest absolute Gasteiger partial charge is 0.416 e. The quantitative estimate of drug-likeness (QED) is 0.675. The van der Waals surface area contributed by atoms with Crippen molar-refractivity contribution in [2.24, 2.45) is 0 Å². The van der Waals surface area contributed by atoms with Gasteiger partial charge in [0, 0.05) is 0 Å². The zero-order valence-corrected chi connectivity index (χ0v) is 11.7. The number of hydrogen-bond acceptors (Lipinski definition) is 5. The van der Waals surface area contributed by atoms with Gasteiger partial charge in [0.15, 0.2) is 6.10 Å². The molecule has 0 saturated carbocycles. The monoisotopic (exact) mass is 327 g/mol. The Hall–Kier alpha value is -2.61. The normalized spacial score (nSPS) is 12.7. The first-order valence-corrected chi connectivity index (χ1v) is 6.38. The second-order valence-electron chi connectivity index (χ2n) is 4.57. The number of carbonyl (C=O) groups excluding carboxylic acids is 1. The number of rotatable bonds is 5. The molecule has 2 rings (SSSR count). The average molecular weight is 327 g/mol. The molecular formula is C15H12F3NO4. The van der Waals surface area contributed by atoms with Gasteiger partial charge in [0.2, 0.25) is 5.89 Å². The summed E-state index contributed by atoms with van der Waals surface area (Å²) in [6.45, 7) is 2.99. The second-order valence-corrected chi connectivity index (χ2v) is 4.57. The number of nitrogens with zero attached hydrogens (tertiary/aromatic N) is 1. The molecule has 1 N–H and O–H groups in total. The van der Waals surface area contributed by atoms with E-state index in [9.17, 15) is 23.1 Å². The van der Waals surface area contributed by atoms with Crippen LogP contribution in [-0.4, -0.2) is 16.1 Å². The Kier molecular flexibility index (Phi) is 4.85. The van der Waals surface area contributed by atoms with Crippen LogP contribution < -0.4 is 0 Å². The van der Waals surface area contributed by atoms with Crippen molar-refractivity contribution >= 4 is 5.97 Å². The van der Waals surface area contributed by atoms with Crippen LogP contribution in [0, 0.1) is 0 Å². The third kappa shape index (κ3) is 4.19. The van der Waals surface area contributed by atoms with Crippen LogP contribution in [0.3, 0.4) is 0 Å².